The third kappa shape index (κ3) is 4.09. The molecule has 0 atom stereocenters. The predicted octanol–water partition coefficient (Wildman–Crippen LogP) is 1.25. The number of morpholine rings is 1. The Kier molecular flexibility index (Phi) is 5.39. The van der Waals surface area contributed by atoms with Gasteiger partial charge in [0.15, 0.2) is 11.6 Å². The van der Waals surface area contributed by atoms with E-state index in [9.17, 15) is 0 Å². The third-order valence-electron chi connectivity index (χ3n) is 3.95. The SMILES string of the molecule is Cc1cccnc1Nc1ncnc(NCCN2CCOCC2)c1N. The molecular weight excluding hydrogens is 306 g/mol. The normalized spacial score (nSPS) is 15.2. The molecule has 24 heavy (non-hydrogen) atoms. The summed E-state index contributed by atoms with van der Waals surface area (Å²) >= 11 is 0. The zero-order chi connectivity index (χ0) is 16.8. The highest BCUT2D eigenvalue weighted by molar-refractivity contribution is 5.77. The van der Waals surface area contributed by atoms with Crippen LogP contribution in [0.4, 0.5) is 23.1 Å². The Bertz CT molecular complexity index is 673. The molecule has 4 N–H and O–H groups in total. The van der Waals surface area contributed by atoms with E-state index in [2.05, 4.69) is 30.5 Å². The minimum Gasteiger partial charge on any atom is -0.393 e. The van der Waals surface area contributed by atoms with Crippen LogP contribution in [-0.2, 0) is 4.74 Å². The number of ether oxygens (including phenoxy) is 1. The number of aryl methyl sites for hydroxylation is 1. The van der Waals surface area contributed by atoms with Crippen LogP contribution >= 0.6 is 0 Å². The highest BCUT2D eigenvalue weighted by Gasteiger charge is 2.12. The maximum atomic E-state index is 6.19. The molecule has 0 aliphatic carbocycles. The lowest BCUT2D eigenvalue weighted by atomic mass is 10.3. The van der Waals surface area contributed by atoms with Crippen LogP contribution in [0.3, 0.4) is 0 Å². The zero-order valence-electron chi connectivity index (χ0n) is 13.8. The predicted molar refractivity (Wildman–Crippen MR) is 94.4 cm³/mol. The van der Waals surface area contributed by atoms with Gasteiger partial charge in [-0.05, 0) is 18.6 Å². The van der Waals surface area contributed by atoms with Crippen molar-refractivity contribution in [3.63, 3.8) is 0 Å². The van der Waals surface area contributed by atoms with Crippen LogP contribution in [0.15, 0.2) is 24.7 Å². The van der Waals surface area contributed by atoms with Gasteiger partial charge in [-0.15, -0.1) is 0 Å². The van der Waals surface area contributed by atoms with Crippen molar-refractivity contribution in [2.24, 2.45) is 0 Å². The standard InChI is InChI=1S/C16H23N7O/c1-12-3-2-4-18-14(12)22-16-13(17)15(20-11-21-16)19-5-6-23-7-9-24-10-8-23/h2-4,11H,5-10,17H2,1H3,(H2,18,19,20,21,22). The summed E-state index contributed by atoms with van der Waals surface area (Å²) in [4.78, 5) is 15.1. The van der Waals surface area contributed by atoms with Gasteiger partial charge < -0.3 is 21.1 Å². The van der Waals surface area contributed by atoms with E-state index in [-0.39, 0.29) is 0 Å². The van der Waals surface area contributed by atoms with Crippen molar-refractivity contribution < 1.29 is 4.74 Å². The van der Waals surface area contributed by atoms with Crippen LogP contribution in [0.2, 0.25) is 0 Å². The molecule has 1 fully saturated rings. The van der Waals surface area contributed by atoms with E-state index in [1.165, 1.54) is 6.33 Å². The number of nitrogens with two attached hydrogens (primary N) is 1. The largest absolute Gasteiger partial charge is 0.393 e. The van der Waals surface area contributed by atoms with Crippen molar-refractivity contribution in [1.82, 2.24) is 19.9 Å². The van der Waals surface area contributed by atoms with E-state index in [1.807, 2.05) is 19.1 Å². The summed E-state index contributed by atoms with van der Waals surface area (Å²) in [6.07, 6.45) is 3.22. The highest BCUT2D eigenvalue weighted by atomic mass is 16.5. The summed E-state index contributed by atoms with van der Waals surface area (Å²) in [6.45, 7) is 7.20. The Morgan fingerprint density at radius 1 is 1.17 bits per heavy atom. The van der Waals surface area contributed by atoms with Crippen LogP contribution in [0.5, 0.6) is 0 Å². The molecule has 8 nitrogen and oxygen atoms in total. The Morgan fingerprint density at radius 3 is 2.75 bits per heavy atom. The first kappa shape index (κ1) is 16.4. The van der Waals surface area contributed by atoms with Gasteiger partial charge in [-0.25, -0.2) is 15.0 Å². The van der Waals surface area contributed by atoms with E-state index < -0.39 is 0 Å². The molecule has 2 aromatic heterocycles. The van der Waals surface area contributed by atoms with Crippen LogP contribution < -0.4 is 16.4 Å². The molecule has 8 heteroatoms. The topological polar surface area (TPSA) is 101 Å². The van der Waals surface area contributed by atoms with E-state index in [1.54, 1.807) is 6.20 Å². The molecular formula is C16H23N7O. The number of hydrogen-bond donors (Lipinski definition) is 3. The van der Waals surface area contributed by atoms with Gasteiger partial charge in [0, 0.05) is 32.4 Å². The van der Waals surface area contributed by atoms with Crippen molar-refractivity contribution in [1.29, 1.82) is 0 Å². The molecule has 128 valence electrons. The van der Waals surface area contributed by atoms with Gasteiger partial charge in [-0.3, -0.25) is 4.90 Å². The van der Waals surface area contributed by atoms with Gasteiger partial charge >= 0.3 is 0 Å². The molecule has 2 aromatic rings. The molecule has 0 aromatic carbocycles. The maximum Gasteiger partial charge on any atom is 0.160 e. The smallest absolute Gasteiger partial charge is 0.160 e. The molecule has 1 aliphatic rings. The Labute approximate surface area is 141 Å². The van der Waals surface area contributed by atoms with Gasteiger partial charge in [0.05, 0.1) is 13.2 Å². The molecule has 3 heterocycles. The summed E-state index contributed by atoms with van der Waals surface area (Å²) in [6, 6.07) is 3.87. The lowest BCUT2D eigenvalue weighted by Gasteiger charge is -2.26. The van der Waals surface area contributed by atoms with Crippen LogP contribution in [0.25, 0.3) is 0 Å². The van der Waals surface area contributed by atoms with Crippen molar-refractivity contribution in [3.8, 4) is 0 Å². The van der Waals surface area contributed by atoms with E-state index in [4.69, 9.17) is 10.5 Å². The monoisotopic (exact) mass is 329 g/mol. The van der Waals surface area contributed by atoms with Gasteiger partial charge in [0.1, 0.15) is 17.8 Å². The Morgan fingerprint density at radius 2 is 1.96 bits per heavy atom. The van der Waals surface area contributed by atoms with Gasteiger partial charge in [0.2, 0.25) is 0 Å². The average molecular weight is 329 g/mol. The molecule has 0 spiro atoms. The van der Waals surface area contributed by atoms with Crippen LogP contribution in [0.1, 0.15) is 5.56 Å². The first-order chi connectivity index (χ1) is 11.7. The first-order valence-corrected chi connectivity index (χ1v) is 8.07. The average Bonchev–Trinajstić information content (AvgIpc) is 2.61. The fourth-order valence-corrected chi connectivity index (χ4v) is 2.52. The van der Waals surface area contributed by atoms with Crippen molar-refractivity contribution >= 4 is 23.1 Å². The Hall–Kier alpha value is -2.45. The molecule has 1 saturated heterocycles. The molecule has 0 amide bonds. The van der Waals surface area contributed by atoms with Crippen molar-refractivity contribution in [2.45, 2.75) is 6.92 Å². The fourth-order valence-electron chi connectivity index (χ4n) is 2.52. The molecule has 0 saturated carbocycles. The summed E-state index contributed by atoms with van der Waals surface area (Å²) in [7, 11) is 0. The molecule has 0 unspecified atom stereocenters. The van der Waals surface area contributed by atoms with Crippen molar-refractivity contribution in [2.75, 3.05) is 55.8 Å². The molecule has 0 bridgehead atoms. The van der Waals surface area contributed by atoms with Gasteiger partial charge in [-0.2, -0.15) is 0 Å². The number of nitrogens with zero attached hydrogens (tertiary/aromatic N) is 4. The molecule has 0 radical (unpaired) electrons. The number of anilines is 4. The third-order valence-corrected chi connectivity index (χ3v) is 3.95. The second-order valence-corrected chi connectivity index (χ2v) is 5.66. The second kappa shape index (κ2) is 7.89. The van der Waals surface area contributed by atoms with E-state index >= 15 is 0 Å². The minimum absolute atomic E-state index is 0.490. The highest BCUT2D eigenvalue weighted by Crippen LogP contribution is 2.25. The van der Waals surface area contributed by atoms with Crippen LogP contribution in [-0.4, -0.2) is 59.2 Å². The van der Waals surface area contributed by atoms with Crippen LogP contribution in [0, 0.1) is 6.92 Å². The molecule has 1 aliphatic heterocycles. The van der Waals surface area contributed by atoms with E-state index in [0.717, 1.165) is 50.8 Å². The second-order valence-electron chi connectivity index (χ2n) is 5.66. The Balaban J connectivity index is 1.61. The maximum absolute atomic E-state index is 6.19. The number of rotatable bonds is 6. The fraction of sp³-hybridized carbons (Fsp3) is 0.438. The zero-order valence-corrected chi connectivity index (χ0v) is 13.8. The van der Waals surface area contributed by atoms with Crippen molar-refractivity contribution in [3.05, 3.63) is 30.2 Å². The lowest BCUT2D eigenvalue weighted by Crippen LogP contribution is -2.39. The number of nitrogen functional groups attached to an aromatic ring is 1. The summed E-state index contributed by atoms with van der Waals surface area (Å²) < 4.78 is 5.35. The summed E-state index contributed by atoms with van der Waals surface area (Å²) in [5, 5.41) is 6.45. The molecule has 3 rings (SSSR count). The number of pyridine rings is 1. The van der Waals surface area contributed by atoms with Gasteiger partial charge in [-0.1, -0.05) is 6.07 Å². The number of aromatic nitrogens is 3. The van der Waals surface area contributed by atoms with Gasteiger partial charge in [0.25, 0.3) is 0 Å². The number of nitrogens with one attached hydrogen (secondary N) is 2. The van der Waals surface area contributed by atoms with E-state index in [0.29, 0.717) is 17.3 Å². The first-order valence-electron chi connectivity index (χ1n) is 8.07. The lowest BCUT2D eigenvalue weighted by molar-refractivity contribution is 0.0398. The minimum atomic E-state index is 0.490. The summed E-state index contributed by atoms with van der Waals surface area (Å²) in [5.74, 6) is 1.93. The quantitative estimate of drug-likeness (QED) is 0.728. The summed E-state index contributed by atoms with van der Waals surface area (Å²) in [5.41, 5.74) is 7.70. The number of hydrogen-bond acceptors (Lipinski definition) is 8.